The number of para-hydroxylation sites is 5. The van der Waals surface area contributed by atoms with Gasteiger partial charge in [-0.2, -0.15) is 0 Å². The zero-order valence-corrected chi connectivity index (χ0v) is 29.9. The molecule has 11 rings (SSSR count). The Hall–Kier alpha value is -7.36. The third-order valence-corrected chi connectivity index (χ3v) is 11.0. The van der Waals surface area contributed by atoms with E-state index >= 15 is 0 Å². The first-order valence-electron chi connectivity index (χ1n) is 18.8. The maximum absolute atomic E-state index is 6.67. The molecule has 0 unspecified atom stereocenters. The van der Waals surface area contributed by atoms with Crippen molar-refractivity contribution in [2.45, 2.75) is 0 Å². The van der Waals surface area contributed by atoms with Gasteiger partial charge in [0.1, 0.15) is 5.58 Å². The summed E-state index contributed by atoms with van der Waals surface area (Å²) in [6.45, 7) is 0. The van der Waals surface area contributed by atoms with Gasteiger partial charge in [0.05, 0.1) is 16.7 Å². The zero-order chi connectivity index (χ0) is 36.3. The van der Waals surface area contributed by atoms with Crippen LogP contribution in [-0.4, -0.2) is 4.57 Å². The van der Waals surface area contributed by atoms with Crippen LogP contribution in [0, 0.1) is 0 Å². The molecule has 3 nitrogen and oxygen atoms in total. The Morgan fingerprint density at radius 3 is 1.95 bits per heavy atom. The van der Waals surface area contributed by atoms with Gasteiger partial charge in [-0.25, -0.2) is 0 Å². The van der Waals surface area contributed by atoms with E-state index in [1.807, 2.05) is 6.07 Å². The molecule has 0 fully saturated rings. The molecule has 0 N–H and O–H groups in total. The second-order valence-electron chi connectivity index (χ2n) is 14.1. The van der Waals surface area contributed by atoms with E-state index in [-0.39, 0.29) is 0 Å². The lowest BCUT2D eigenvalue weighted by atomic mass is 9.98. The molecule has 9 aromatic carbocycles. The Kier molecular flexibility index (Phi) is 7.17. The molecule has 258 valence electrons. The Morgan fingerprint density at radius 2 is 1.05 bits per heavy atom. The summed E-state index contributed by atoms with van der Waals surface area (Å²) in [5, 5.41) is 7.16. The van der Waals surface area contributed by atoms with Gasteiger partial charge in [0, 0.05) is 44.2 Å². The predicted octanol–water partition coefficient (Wildman–Crippen LogP) is 14.6. The van der Waals surface area contributed by atoms with Crippen LogP contribution in [0.1, 0.15) is 0 Å². The first kappa shape index (κ1) is 31.2. The fraction of sp³-hybridized carbons (Fsp3) is 0. The smallest absolute Gasteiger partial charge is 0.159 e. The summed E-state index contributed by atoms with van der Waals surface area (Å²) < 4.78 is 9.08. The van der Waals surface area contributed by atoms with Gasteiger partial charge in [0.25, 0.3) is 0 Å². The third-order valence-electron chi connectivity index (χ3n) is 11.0. The molecule has 0 bridgehead atoms. The van der Waals surface area contributed by atoms with Crippen LogP contribution >= 0.6 is 0 Å². The minimum Gasteiger partial charge on any atom is -0.454 e. The van der Waals surface area contributed by atoms with Crippen LogP contribution in [0.2, 0.25) is 0 Å². The van der Waals surface area contributed by atoms with Crippen molar-refractivity contribution in [1.82, 2.24) is 4.57 Å². The fourth-order valence-corrected chi connectivity index (χ4v) is 8.51. The molecule has 0 radical (unpaired) electrons. The standard InChI is InChI=1S/C52H34N2O/c1-2-17-38(18-3-1)54-48-27-8-6-21-44(48)46-25-12-24-43(51(46)54)37-16-10-19-40(34-37)53(49-28-13-26-47-45-22-7-9-29-50(45)55-52(47)49)39-32-30-36(31-33-39)42-23-11-15-35-14-4-5-20-41(35)42/h1-34H. The highest BCUT2D eigenvalue weighted by molar-refractivity contribution is 6.14. The minimum atomic E-state index is 0.860. The monoisotopic (exact) mass is 702 g/mol. The van der Waals surface area contributed by atoms with E-state index in [9.17, 15) is 0 Å². The van der Waals surface area contributed by atoms with E-state index in [0.29, 0.717) is 0 Å². The number of hydrogen-bond acceptors (Lipinski definition) is 2. The minimum absolute atomic E-state index is 0.860. The number of rotatable bonds is 6. The Morgan fingerprint density at radius 1 is 0.400 bits per heavy atom. The second kappa shape index (κ2) is 12.6. The van der Waals surface area contributed by atoms with Crippen molar-refractivity contribution in [2.24, 2.45) is 0 Å². The van der Waals surface area contributed by atoms with E-state index in [1.165, 1.54) is 49.3 Å². The van der Waals surface area contributed by atoms with Gasteiger partial charge in [0.15, 0.2) is 5.58 Å². The van der Waals surface area contributed by atoms with Crippen molar-refractivity contribution in [1.29, 1.82) is 0 Å². The summed E-state index contributed by atoms with van der Waals surface area (Å²) in [7, 11) is 0. The van der Waals surface area contributed by atoms with Crippen molar-refractivity contribution in [2.75, 3.05) is 4.90 Å². The van der Waals surface area contributed by atoms with Crippen molar-refractivity contribution >= 4 is 71.6 Å². The van der Waals surface area contributed by atoms with Crippen LogP contribution in [0.25, 0.3) is 82.5 Å². The molecule has 0 spiro atoms. The molecule has 2 aromatic heterocycles. The Labute approximate surface area is 318 Å². The summed E-state index contributed by atoms with van der Waals surface area (Å²) in [4.78, 5) is 2.34. The summed E-state index contributed by atoms with van der Waals surface area (Å²) in [5.41, 5.74) is 13.1. The molecular formula is C52H34N2O. The summed E-state index contributed by atoms with van der Waals surface area (Å²) in [6.07, 6.45) is 0. The van der Waals surface area contributed by atoms with Crippen LogP contribution in [0.15, 0.2) is 211 Å². The van der Waals surface area contributed by atoms with Gasteiger partial charge < -0.3 is 13.9 Å². The van der Waals surface area contributed by atoms with Gasteiger partial charge in [-0.1, -0.05) is 152 Å². The van der Waals surface area contributed by atoms with Gasteiger partial charge >= 0.3 is 0 Å². The summed E-state index contributed by atoms with van der Waals surface area (Å²) in [6, 6.07) is 73.9. The quantitative estimate of drug-likeness (QED) is 0.172. The summed E-state index contributed by atoms with van der Waals surface area (Å²) >= 11 is 0. The third kappa shape index (κ3) is 5.05. The van der Waals surface area contributed by atoms with Crippen molar-refractivity contribution in [3.63, 3.8) is 0 Å². The fourth-order valence-electron chi connectivity index (χ4n) is 8.51. The molecule has 0 aliphatic heterocycles. The van der Waals surface area contributed by atoms with E-state index in [0.717, 1.165) is 50.3 Å². The maximum atomic E-state index is 6.67. The highest BCUT2D eigenvalue weighted by atomic mass is 16.3. The van der Waals surface area contributed by atoms with Gasteiger partial charge in [-0.3, -0.25) is 0 Å². The highest BCUT2D eigenvalue weighted by Crippen LogP contribution is 2.45. The van der Waals surface area contributed by atoms with E-state index < -0.39 is 0 Å². The van der Waals surface area contributed by atoms with Crippen LogP contribution < -0.4 is 4.90 Å². The lowest BCUT2D eigenvalue weighted by Crippen LogP contribution is -2.10. The highest BCUT2D eigenvalue weighted by Gasteiger charge is 2.21. The average Bonchev–Trinajstić information content (AvgIpc) is 3.81. The lowest BCUT2D eigenvalue weighted by Gasteiger charge is -2.26. The first-order chi connectivity index (χ1) is 27.3. The molecule has 55 heavy (non-hydrogen) atoms. The molecule has 2 heterocycles. The molecule has 0 atom stereocenters. The molecule has 3 heteroatoms. The molecule has 0 aliphatic carbocycles. The second-order valence-corrected chi connectivity index (χ2v) is 14.1. The lowest BCUT2D eigenvalue weighted by molar-refractivity contribution is 0.669. The number of anilines is 3. The largest absolute Gasteiger partial charge is 0.454 e. The number of nitrogens with zero attached hydrogens (tertiary/aromatic N) is 2. The SMILES string of the molecule is c1ccc(-n2c3ccccc3c3cccc(-c4cccc(N(c5ccc(-c6cccc7ccccc67)cc5)c5cccc6c5oc5ccccc56)c4)c32)cc1. The predicted molar refractivity (Wildman–Crippen MR) is 231 cm³/mol. The van der Waals surface area contributed by atoms with Crippen LogP contribution in [0.4, 0.5) is 17.1 Å². The average molecular weight is 703 g/mol. The molecule has 0 saturated carbocycles. The number of hydrogen-bond donors (Lipinski definition) is 0. The van der Waals surface area contributed by atoms with Crippen molar-refractivity contribution < 1.29 is 4.42 Å². The molecule has 0 amide bonds. The van der Waals surface area contributed by atoms with Gasteiger partial charge in [-0.05, 0) is 82.1 Å². The van der Waals surface area contributed by atoms with Crippen LogP contribution in [0.5, 0.6) is 0 Å². The number of fused-ring (bicyclic) bond motifs is 7. The van der Waals surface area contributed by atoms with E-state index in [4.69, 9.17) is 4.42 Å². The van der Waals surface area contributed by atoms with Crippen molar-refractivity contribution in [3.05, 3.63) is 206 Å². The normalized spacial score (nSPS) is 11.6. The number of aromatic nitrogens is 1. The first-order valence-corrected chi connectivity index (χ1v) is 18.8. The molecule has 11 aromatic rings. The molecule has 0 aliphatic rings. The number of benzene rings is 9. The van der Waals surface area contributed by atoms with Gasteiger partial charge in [-0.15, -0.1) is 0 Å². The van der Waals surface area contributed by atoms with E-state index in [2.05, 4.69) is 210 Å². The van der Waals surface area contributed by atoms with Crippen LogP contribution in [-0.2, 0) is 0 Å². The Bertz CT molecular complexity index is 3200. The van der Waals surface area contributed by atoms with Crippen molar-refractivity contribution in [3.8, 4) is 27.9 Å². The van der Waals surface area contributed by atoms with Gasteiger partial charge in [0.2, 0.25) is 0 Å². The molecular weight excluding hydrogens is 669 g/mol. The van der Waals surface area contributed by atoms with Crippen LogP contribution in [0.3, 0.4) is 0 Å². The maximum Gasteiger partial charge on any atom is 0.159 e. The molecule has 0 saturated heterocycles. The summed E-state index contributed by atoms with van der Waals surface area (Å²) in [5.74, 6) is 0. The topological polar surface area (TPSA) is 21.3 Å². The Balaban J connectivity index is 1.12. The zero-order valence-electron chi connectivity index (χ0n) is 29.9. The number of furan rings is 1. The van der Waals surface area contributed by atoms with E-state index in [1.54, 1.807) is 0 Å².